The maximum absolute atomic E-state index is 13.4. The van der Waals surface area contributed by atoms with E-state index in [1.165, 1.54) is 18.2 Å². The highest BCUT2D eigenvalue weighted by Crippen LogP contribution is 2.35. The molecular weight excluding hydrogens is 748 g/mol. The molecule has 2 aliphatic rings. The molecule has 2 heterocycles. The van der Waals surface area contributed by atoms with Crippen molar-refractivity contribution in [2.24, 2.45) is 0 Å². The van der Waals surface area contributed by atoms with E-state index in [2.05, 4.69) is 5.32 Å². The van der Waals surface area contributed by atoms with Gasteiger partial charge in [0.25, 0.3) is 5.91 Å². The molecule has 0 radical (unpaired) electrons. The van der Waals surface area contributed by atoms with Gasteiger partial charge in [-0.25, -0.2) is 0 Å². The van der Waals surface area contributed by atoms with E-state index in [1.807, 2.05) is 0 Å². The third-order valence-electron chi connectivity index (χ3n) is 7.31. The molecule has 21 heteroatoms. The minimum absolute atomic E-state index is 0.0266. The lowest BCUT2D eigenvalue weighted by atomic mass is 9.95. The smallest absolute Gasteiger partial charge is 0.303 e. The molecule has 3 N–H and O–H groups in total. The number of anilines is 1. The maximum Gasteiger partial charge on any atom is 0.303 e. The zero-order valence-corrected chi connectivity index (χ0v) is 29.8. The SMILES string of the molecule is [2H]CC(=O)OC[C@H]1OC(O[C@H]2[C@H](OC(C)=O)[C@@H](OC(C)=O)[C@H](NC(=O)c3ccc(Cl)c(N)c3)O[C@@H]2COC(C)=O)[C@H](OC(=O)C[2H])[C@@H](OC(=O)C[2H])[C@@H]1OC(=O)C[2H]. The summed E-state index contributed by atoms with van der Waals surface area (Å²) in [4.78, 5) is 100. The number of ether oxygens (including phenoxy) is 10. The van der Waals surface area contributed by atoms with Crippen LogP contribution in [0.5, 0.6) is 0 Å². The number of nitrogen functional groups attached to an aromatic ring is 1. The Bertz CT molecular complexity index is 1690. The fourth-order valence-corrected chi connectivity index (χ4v) is 5.50. The highest BCUT2D eigenvalue weighted by molar-refractivity contribution is 6.33. The highest BCUT2D eigenvalue weighted by Gasteiger charge is 2.57. The first-order chi connectivity index (χ1) is 27.4. The first-order valence-electron chi connectivity index (χ1n) is 18.5. The molecule has 1 aromatic rings. The lowest BCUT2D eigenvalue weighted by Crippen LogP contribution is -2.68. The third kappa shape index (κ3) is 12.3. The minimum atomic E-state index is -2.10. The average molecular weight is 793 g/mol. The van der Waals surface area contributed by atoms with E-state index in [0.29, 0.717) is 0 Å². The molecule has 1 aromatic carbocycles. The molecule has 20 nitrogen and oxygen atoms in total. The fourth-order valence-electron chi connectivity index (χ4n) is 5.38. The zero-order valence-electron chi connectivity index (χ0n) is 33.1. The Morgan fingerprint density at radius 3 is 1.72 bits per heavy atom. The molecule has 1 unspecified atom stereocenters. The number of rotatable bonds is 13. The Labute approximate surface area is 319 Å². The summed E-state index contributed by atoms with van der Waals surface area (Å²) in [5.41, 5.74) is 5.83. The van der Waals surface area contributed by atoms with Crippen LogP contribution in [-0.2, 0) is 80.9 Å². The molecule has 0 bridgehead atoms. The van der Waals surface area contributed by atoms with E-state index in [-0.39, 0.29) is 16.3 Å². The molecule has 1 amide bonds. The van der Waals surface area contributed by atoms with Crippen LogP contribution in [0.4, 0.5) is 5.69 Å². The first-order valence-corrected chi connectivity index (χ1v) is 16.0. The van der Waals surface area contributed by atoms with E-state index in [9.17, 15) is 38.4 Å². The van der Waals surface area contributed by atoms with Crippen molar-refractivity contribution in [3.63, 3.8) is 0 Å². The van der Waals surface area contributed by atoms with Crippen molar-refractivity contribution in [2.45, 2.75) is 110 Å². The summed E-state index contributed by atoms with van der Waals surface area (Å²) >= 11 is 5.99. The van der Waals surface area contributed by atoms with Crippen molar-refractivity contribution in [3.05, 3.63) is 28.8 Å². The van der Waals surface area contributed by atoms with E-state index in [4.69, 9.17) is 70.2 Å². The lowest BCUT2D eigenvalue weighted by molar-refractivity contribution is -0.345. The van der Waals surface area contributed by atoms with Gasteiger partial charge in [0, 0.05) is 59.4 Å². The molecule has 0 spiro atoms. The number of hydrogen-bond acceptors (Lipinski definition) is 19. The topological polar surface area (TPSA) is 267 Å². The van der Waals surface area contributed by atoms with Crippen LogP contribution in [0.2, 0.25) is 5.02 Å². The van der Waals surface area contributed by atoms with E-state index in [0.717, 1.165) is 20.8 Å². The van der Waals surface area contributed by atoms with Crippen LogP contribution in [0.1, 0.15) is 64.2 Å². The van der Waals surface area contributed by atoms with Gasteiger partial charge in [-0.3, -0.25) is 38.4 Å². The average Bonchev–Trinajstić information content (AvgIpc) is 3.17. The largest absolute Gasteiger partial charge is 0.463 e. The van der Waals surface area contributed by atoms with E-state index >= 15 is 0 Å². The summed E-state index contributed by atoms with van der Waals surface area (Å²) in [7, 11) is 0. The summed E-state index contributed by atoms with van der Waals surface area (Å²) < 4.78 is 85.4. The maximum atomic E-state index is 13.4. The molecule has 0 aliphatic carbocycles. The van der Waals surface area contributed by atoms with Gasteiger partial charge in [-0.2, -0.15) is 0 Å². The van der Waals surface area contributed by atoms with Crippen molar-refractivity contribution in [3.8, 4) is 0 Å². The molecule has 3 rings (SSSR count). The lowest BCUT2D eigenvalue weighted by Gasteiger charge is -2.48. The number of nitrogens with two attached hydrogens (primary N) is 1. The second kappa shape index (κ2) is 19.3. The number of nitrogens with one attached hydrogen (secondary N) is 1. The molecule has 2 aliphatic heterocycles. The van der Waals surface area contributed by atoms with Gasteiger partial charge in [-0.05, 0) is 18.2 Å². The summed E-state index contributed by atoms with van der Waals surface area (Å²) in [5, 5.41) is 2.61. The van der Waals surface area contributed by atoms with E-state index < -0.39 is 150 Å². The summed E-state index contributed by atoms with van der Waals surface area (Å²) in [6, 6.07) is 3.86. The number of halogens is 1. The molecule has 2 fully saturated rings. The number of carbonyl (C=O) groups excluding carboxylic acids is 8. The standard InChI is InChI=1S/C33H41ClN2O18/c1-13(37)45-11-23-26(27(48-16(4)40)29(50-18(6)42)32(52-23)36-31(44)20-8-9-21(34)22(35)10-20)54-33-30(51-19(7)43)28(49-17(5)41)25(47-15(3)39)24(53-33)12-46-14(2)38/h8-10,23-30,32-33H,11-12,35H2,1-7H3,(H,36,44)/t23-,24-,25-,26-,27+,28+,29-,30-,32-,33?/m1/s1/i2D,3D,5D,7D. The summed E-state index contributed by atoms with van der Waals surface area (Å²) in [5.74, 6) is -8.67. The van der Waals surface area contributed by atoms with Gasteiger partial charge in [-0.15, -0.1) is 0 Å². The molecule has 10 atom stereocenters. The fraction of sp³-hybridized carbons (Fsp3) is 0.576. The Balaban J connectivity index is 2.22. The summed E-state index contributed by atoms with van der Waals surface area (Å²) in [6.07, 6.45) is -18.5. The number of esters is 7. The molecule has 298 valence electrons. The van der Waals surface area contributed by atoms with Crippen molar-refractivity contribution in [1.82, 2.24) is 5.32 Å². The van der Waals surface area contributed by atoms with E-state index in [1.54, 1.807) is 0 Å². The zero-order chi connectivity index (χ0) is 43.3. The van der Waals surface area contributed by atoms with Gasteiger partial charge >= 0.3 is 41.8 Å². The van der Waals surface area contributed by atoms with Gasteiger partial charge < -0.3 is 58.4 Å². The van der Waals surface area contributed by atoms with Crippen molar-refractivity contribution >= 4 is 65.0 Å². The molecular formula is C33H41ClN2O18. The number of benzene rings is 1. The van der Waals surface area contributed by atoms with Crippen LogP contribution >= 0.6 is 11.6 Å². The number of carbonyl (C=O) groups is 8. The van der Waals surface area contributed by atoms with Crippen LogP contribution in [0.15, 0.2) is 18.2 Å². The molecule has 54 heavy (non-hydrogen) atoms. The van der Waals surface area contributed by atoms with Crippen LogP contribution in [-0.4, -0.2) is 122 Å². The monoisotopic (exact) mass is 792 g/mol. The van der Waals surface area contributed by atoms with Crippen molar-refractivity contribution in [2.75, 3.05) is 18.9 Å². The van der Waals surface area contributed by atoms with Gasteiger partial charge in [0.15, 0.2) is 43.0 Å². The van der Waals surface area contributed by atoms with Crippen LogP contribution in [0, 0.1) is 0 Å². The minimum Gasteiger partial charge on any atom is -0.463 e. The summed E-state index contributed by atoms with van der Waals surface area (Å²) in [6.45, 7) is -2.59. The second-order valence-corrected chi connectivity index (χ2v) is 11.9. The van der Waals surface area contributed by atoms with Crippen LogP contribution < -0.4 is 11.1 Å². The number of amides is 1. The molecule has 0 saturated carbocycles. The van der Waals surface area contributed by atoms with Crippen molar-refractivity contribution in [1.29, 1.82) is 0 Å². The Kier molecular flexibility index (Phi) is 13.3. The predicted octanol–water partition coefficient (Wildman–Crippen LogP) is 0.272. The highest BCUT2D eigenvalue weighted by atomic mass is 35.5. The van der Waals surface area contributed by atoms with Gasteiger partial charge in [0.1, 0.15) is 31.5 Å². The van der Waals surface area contributed by atoms with Gasteiger partial charge in [0.05, 0.1) is 10.7 Å². The second-order valence-electron chi connectivity index (χ2n) is 11.4. The van der Waals surface area contributed by atoms with Gasteiger partial charge in [-0.1, -0.05) is 11.6 Å². The molecule has 0 aromatic heterocycles. The Hall–Kier alpha value is -5.05. The van der Waals surface area contributed by atoms with Crippen LogP contribution in [0.3, 0.4) is 0 Å². The molecule has 2 saturated heterocycles. The predicted molar refractivity (Wildman–Crippen MR) is 177 cm³/mol. The number of hydrogen-bond donors (Lipinski definition) is 2. The van der Waals surface area contributed by atoms with Crippen LogP contribution in [0.25, 0.3) is 0 Å². The third-order valence-corrected chi connectivity index (χ3v) is 7.66. The first kappa shape index (κ1) is 37.3. The van der Waals surface area contributed by atoms with Crippen molar-refractivity contribution < 1.29 is 91.2 Å². The van der Waals surface area contributed by atoms with Gasteiger partial charge in [0.2, 0.25) is 0 Å². The Morgan fingerprint density at radius 2 is 1.17 bits per heavy atom. The quantitative estimate of drug-likeness (QED) is 0.154. The Morgan fingerprint density at radius 1 is 0.667 bits per heavy atom. The normalized spacial score (nSPS) is 28.6.